The van der Waals surface area contributed by atoms with Gasteiger partial charge in [0.15, 0.2) is 5.78 Å². The van der Waals surface area contributed by atoms with Gasteiger partial charge in [0, 0.05) is 12.0 Å². The Kier molecular flexibility index (Phi) is 4.46. The van der Waals surface area contributed by atoms with E-state index in [-0.39, 0.29) is 18.0 Å². The first kappa shape index (κ1) is 14.0. The zero-order valence-electron chi connectivity index (χ0n) is 12.1. The number of Topliss-reactive ketones (excluding diaryl/α,β-unsaturated/α-hetero) is 1. The molecule has 1 saturated heterocycles. The predicted molar refractivity (Wildman–Crippen MR) is 83.4 cm³/mol. The first-order valence-corrected chi connectivity index (χ1v) is 7.59. The van der Waals surface area contributed by atoms with Crippen LogP contribution < -0.4 is 0 Å². The Morgan fingerprint density at radius 2 is 1.52 bits per heavy atom. The minimum absolute atomic E-state index is 0.0754. The van der Waals surface area contributed by atoms with E-state index < -0.39 is 0 Å². The fourth-order valence-electron chi connectivity index (χ4n) is 2.91. The lowest BCUT2D eigenvalue weighted by molar-refractivity contribution is 0.0394. The van der Waals surface area contributed by atoms with Gasteiger partial charge in [-0.15, -0.1) is 0 Å². The van der Waals surface area contributed by atoms with Gasteiger partial charge in [0.05, 0.1) is 12.2 Å². The molecule has 0 aliphatic carbocycles. The van der Waals surface area contributed by atoms with Crippen LogP contribution in [0.15, 0.2) is 60.7 Å². The number of benzene rings is 2. The minimum Gasteiger partial charge on any atom is -0.374 e. The molecule has 1 aliphatic rings. The molecule has 1 fully saturated rings. The summed E-state index contributed by atoms with van der Waals surface area (Å²) in [7, 11) is 0. The summed E-state index contributed by atoms with van der Waals surface area (Å²) in [6.07, 6.45) is 3.79. The molecule has 21 heavy (non-hydrogen) atoms. The Bertz CT molecular complexity index is 577. The van der Waals surface area contributed by atoms with Gasteiger partial charge >= 0.3 is 0 Å². The van der Waals surface area contributed by atoms with Crippen LogP contribution >= 0.6 is 0 Å². The SMILES string of the molecule is O=C(CC1CC[C@H](Cc2ccccc2)O1)c1ccccc1. The van der Waals surface area contributed by atoms with E-state index in [1.54, 1.807) is 0 Å². The molecule has 2 aromatic rings. The molecule has 1 unspecified atom stereocenters. The molecule has 2 heteroatoms. The van der Waals surface area contributed by atoms with Gasteiger partial charge in [-0.25, -0.2) is 0 Å². The quantitative estimate of drug-likeness (QED) is 0.772. The van der Waals surface area contributed by atoms with Crippen molar-refractivity contribution in [3.8, 4) is 0 Å². The minimum atomic E-state index is 0.0754. The van der Waals surface area contributed by atoms with Crippen molar-refractivity contribution in [3.05, 3.63) is 71.8 Å². The van der Waals surface area contributed by atoms with Gasteiger partial charge in [0.2, 0.25) is 0 Å². The fraction of sp³-hybridized carbons (Fsp3) is 0.316. The maximum Gasteiger partial charge on any atom is 0.165 e. The third-order valence-corrected chi connectivity index (χ3v) is 4.01. The number of hydrogen-bond acceptors (Lipinski definition) is 2. The maximum atomic E-state index is 12.2. The van der Waals surface area contributed by atoms with E-state index in [4.69, 9.17) is 4.74 Å². The summed E-state index contributed by atoms with van der Waals surface area (Å²) in [4.78, 5) is 12.2. The number of carbonyl (C=O) groups is 1. The first-order chi connectivity index (χ1) is 10.3. The van der Waals surface area contributed by atoms with Crippen molar-refractivity contribution in [1.82, 2.24) is 0 Å². The van der Waals surface area contributed by atoms with Gasteiger partial charge in [-0.3, -0.25) is 4.79 Å². The summed E-state index contributed by atoms with van der Waals surface area (Å²) in [6.45, 7) is 0. The molecule has 1 heterocycles. The molecule has 0 N–H and O–H groups in total. The second-order valence-electron chi connectivity index (χ2n) is 5.64. The highest BCUT2D eigenvalue weighted by molar-refractivity contribution is 5.96. The summed E-state index contributed by atoms with van der Waals surface area (Å²) < 4.78 is 6.04. The van der Waals surface area contributed by atoms with Gasteiger partial charge < -0.3 is 4.74 Å². The summed E-state index contributed by atoms with van der Waals surface area (Å²) >= 11 is 0. The molecule has 2 aromatic carbocycles. The van der Waals surface area contributed by atoms with Gasteiger partial charge in [-0.05, 0) is 24.8 Å². The predicted octanol–water partition coefficient (Wildman–Crippen LogP) is 4.05. The standard InChI is InChI=1S/C19H20O2/c20-19(16-9-5-2-6-10-16)14-18-12-11-17(21-18)13-15-7-3-1-4-8-15/h1-10,17-18H,11-14H2/t17-,18?/m1/s1. The molecule has 2 nitrogen and oxygen atoms in total. The number of ketones is 1. The molecular weight excluding hydrogens is 260 g/mol. The molecule has 0 amide bonds. The van der Waals surface area contributed by atoms with E-state index in [2.05, 4.69) is 24.3 Å². The molecule has 0 saturated carbocycles. The Hall–Kier alpha value is -1.93. The Morgan fingerprint density at radius 3 is 2.24 bits per heavy atom. The van der Waals surface area contributed by atoms with E-state index in [0.29, 0.717) is 6.42 Å². The highest BCUT2D eigenvalue weighted by Gasteiger charge is 2.27. The molecule has 108 valence electrons. The molecule has 1 aliphatic heterocycles. The molecule has 0 bridgehead atoms. The summed E-state index contributed by atoms with van der Waals surface area (Å²) in [6, 6.07) is 19.9. The summed E-state index contributed by atoms with van der Waals surface area (Å²) in [5.41, 5.74) is 2.09. The molecule has 0 radical (unpaired) electrons. The van der Waals surface area contributed by atoms with Crippen molar-refractivity contribution >= 4 is 5.78 Å². The average Bonchev–Trinajstić information content (AvgIpc) is 2.96. The van der Waals surface area contributed by atoms with Crippen LogP contribution in [-0.2, 0) is 11.2 Å². The van der Waals surface area contributed by atoms with Crippen LogP contribution in [0.3, 0.4) is 0 Å². The highest BCUT2D eigenvalue weighted by atomic mass is 16.5. The highest BCUT2D eigenvalue weighted by Crippen LogP contribution is 2.25. The lowest BCUT2D eigenvalue weighted by Gasteiger charge is -2.13. The third-order valence-electron chi connectivity index (χ3n) is 4.01. The second-order valence-corrected chi connectivity index (χ2v) is 5.64. The van der Waals surface area contributed by atoms with Crippen molar-refractivity contribution in [1.29, 1.82) is 0 Å². The second kappa shape index (κ2) is 6.68. The van der Waals surface area contributed by atoms with Crippen LogP contribution in [0.1, 0.15) is 35.2 Å². The van der Waals surface area contributed by atoms with Gasteiger partial charge in [0.1, 0.15) is 0 Å². The van der Waals surface area contributed by atoms with Crippen molar-refractivity contribution < 1.29 is 9.53 Å². The van der Waals surface area contributed by atoms with E-state index in [9.17, 15) is 4.79 Å². The van der Waals surface area contributed by atoms with Crippen LogP contribution in [0.25, 0.3) is 0 Å². The fourth-order valence-corrected chi connectivity index (χ4v) is 2.91. The average molecular weight is 280 g/mol. The van der Waals surface area contributed by atoms with Crippen LogP contribution in [0, 0.1) is 0 Å². The maximum absolute atomic E-state index is 12.2. The van der Waals surface area contributed by atoms with Crippen LogP contribution in [0.5, 0.6) is 0 Å². The first-order valence-electron chi connectivity index (χ1n) is 7.59. The third kappa shape index (κ3) is 3.79. The molecule has 2 atom stereocenters. The van der Waals surface area contributed by atoms with E-state index >= 15 is 0 Å². The van der Waals surface area contributed by atoms with Crippen molar-refractivity contribution in [2.75, 3.05) is 0 Å². The molecular formula is C19H20O2. The van der Waals surface area contributed by atoms with Gasteiger partial charge in [-0.1, -0.05) is 60.7 Å². The molecule has 3 rings (SSSR count). The van der Waals surface area contributed by atoms with Crippen LogP contribution in [-0.4, -0.2) is 18.0 Å². The van der Waals surface area contributed by atoms with Gasteiger partial charge in [-0.2, -0.15) is 0 Å². The van der Waals surface area contributed by atoms with Crippen molar-refractivity contribution in [2.24, 2.45) is 0 Å². The normalized spacial score (nSPS) is 21.3. The smallest absolute Gasteiger partial charge is 0.165 e. The lowest BCUT2D eigenvalue weighted by Crippen LogP contribution is -2.16. The Morgan fingerprint density at radius 1 is 0.905 bits per heavy atom. The summed E-state index contributed by atoms with van der Waals surface area (Å²) in [5.74, 6) is 0.181. The zero-order chi connectivity index (χ0) is 14.5. The van der Waals surface area contributed by atoms with Crippen LogP contribution in [0.4, 0.5) is 0 Å². The number of carbonyl (C=O) groups excluding carboxylic acids is 1. The largest absolute Gasteiger partial charge is 0.374 e. The zero-order valence-corrected chi connectivity index (χ0v) is 12.1. The number of ether oxygens (including phenoxy) is 1. The van der Waals surface area contributed by atoms with Crippen molar-refractivity contribution in [2.45, 2.75) is 37.9 Å². The van der Waals surface area contributed by atoms with Gasteiger partial charge in [0.25, 0.3) is 0 Å². The van der Waals surface area contributed by atoms with E-state index in [0.717, 1.165) is 24.8 Å². The lowest BCUT2D eigenvalue weighted by atomic mass is 10.0. The number of hydrogen-bond donors (Lipinski definition) is 0. The van der Waals surface area contributed by atoms with Crippen LogP contribution in [0.2, 0.25) is 0 Å². The Labute approximate surface area is 125 Å². The van der Waals surface area contributed by atoms with Crippen molar-refractivity contribution in [3.63, 3.8) is 0 Å². The number of rotatable bonds is 5. The van der Waals surface area contributed by atoms with E-state index in [1.165, 1.54) is 5.56 Å². The molecule has 0 spiro atoms. The van der Waals surface area contributed by atoms with E-state index in [1.807, 2.05) is 36.4 Å². The topological polar surface area (TPSA) is 26.3 Å². The monoisotopic (exact) mass is 280 g/mol. The summed E-state index contributed by atoms with van der Waals surface area (Å²) in [5, 5.41) is 0. The molecule has 0 aromatic heterocycles. The Balaban J connectivity index is 1.52.